The molecule has 0 aromatic heterocycles. The Hall–Kier alpha value is -4.10. The smallest absolute Gasteiger partial charge is 0.295 e. The molecule has 7 heteroatoms. The van der Waals surface area contributed by atoms with Gasteiger partial charge in [-0.25, -0.2) is 0 Å². The summed E-state index contributed by atoms with van der Waals surface area (Å²) in [5, 5.41) is 11.3. The van der Waals surface area contributed by atoms with Crippen molar-refractivity contribution in [3.63, 3.8) is 0 Å². The van der Waals surface area contributed by atoms with Crippen molar-refractivity contribution in [2.75, 3.05) is 39.4 Å². The van der Waals surface area contributed by atoms with Crippen LogP contribution in [0.25, 0.3) is 5.76 Å². The van der Waals surface area contributed by atoms with Crippen molar-refractivity contribution in [1.29, 1.82) is 0 Å². The molecule has 3 aromatic carbocycles. The number of carbonyl (C=O) groups is 2. The summed E-state index contributed by atoms with van der Waals surface area (Å²) >= 11 is 0. The first kappa shape index (κ1) is 28.9. The fourth-order valence-electron chi connectivity index (χ4n) is 4.89. The lowest BCUT2D eigenvalue weighted by atomic mass is 9.95. The van der Waals surface area contributed by atoms with E-state index in [1.807, 2.05) is 74.5 Å². The number of ketones is 1. The summed E-state index contributed by atoms with van der Waals surface area (Å²) in [7, 11) is 0. The number of benzene rings is 3. The molecule has 1 heterocycles. The van der Waals surface area contributed by atoms with E-state index in [-0.39, 0.29) is 11.3 Å². The Morgan fingerprint density at radius 2 is 1.52 bits per heavy atom. The Balaban J connectivity index is 1.56. The quantitative estimate of drug-likeness (QED) is 0.140. The first-order chi connectivity index (χ1) is 19.3. The highest BCUT2D eigenvalue weighted by atomic mass is 16.5. The highest BCUT2D eigenvalue weighted by molar-refractivity contribution is 6.46. The average molecular weight is 543 g/mol. The van der Waals surface area contributed by atoms with E-state index in [0.717, 1.165) is 35.5 Å². The van der Waals surface area contributed by atoms with E-state index in [0.29, 0.717) is 37.6 Å². The molecule has 0 saturated carbocycles. The van der Waals surface area contributed by atoms with Gasteiger partial charge >= 0.3 is 0 Å². The van der Waals surface area contributed by atoms with Crippen LogP contribution >= 0.6 is 0 Å². The lowest BCUT2D eigenvalue weighted by Crippen LogP contribution is -2.38. The molecule has 3 aromatic rings. The minimum Gasteiger partial charge on any atom is -0.507 e. The fraction of sp³-hybridized carbons (Fsp3) is 0.333. The second kappa shape index (κ2) is 13.3. The van der Waals surface area contributed by atoms with Gasteiger partial charge < -0.3 is 24.4 Å². The Labute approximate surface area is 236 Å². The van der Waals surface area contributed by atoms with Crippen molar-refractivity contribution >= 4 is 17.4 Å². The monoisotopic (exact) mass is 542 g/mol. The summed E-state index contributed by atoms with van der Waals surface area (Å²) in [5.74, 6) is 0.0449. The minimum atomic E-state index is -0.699. The first-order valence-electron chi connectivity index (χ1n) is 13.8. The van der Waals surface area contributed by atoms with E-state index in [1.165, 1.54) is 0 Å². The largest absolute Gasteiger partial charge is 0.507 e. The third-order valence-electron chi connectivity index (χ3n) is 7.32. The molecule has 1 unspecified atom stereocenters. The maximum Gasteiger partial charge on any atom is 0.295 e. The van der Waals surface area contributed by atoms with E-state index in [9.17, 15) is 14.7 Å². The number of nitrogens with zero attached hydrogens (tertiary/aromatic N) is 2. The number of ether oxygens (including phenoxy) is 2. The van der Waals surface area contributed by atoms with Crippen LogP contribution in [-0.2, 0) is 9.59 Å². The van der Waals surface area contributed by atoms with Crippen LogP contribution in [0.3, 0.4) is 0 Å². The second-order valence-corrected chi connectivity index (χ2v) is 9.92. The topological polar surface area (TPSA) is 79.3 Å². The van der Waals surface area contributed by atoms with Crippen molar-refractivity contribution in [3.8, 4) is 11.5 Å². The molecule has 0 radical (unpaired) electrons. The van der Waals surface area contributed by atoms with Gasteiger partial charge in [-0.2, -0.15) is 0 Å². The van der Waals surface area contributed by atoms with Crippen molar-refractivity contribution < 1.29 is 24.2 Å². The normalized spacial score (nSPS) is 16.5. The molecule has 1 fully saturated rings. The van der Waals surface area contributed by atoms with Crippen molar-refractivity contribution in [3.05, 3.63) is 101 Å². The van der Waals surface area contributed by atoms with Gasteiger partial charge in [0.1, 0.15) is 30.5 Å². The molecule has 1 N–H and O–H groups in total. The molecule has 210 valence electrons. The number of likely N-dealkylation sites (tertiary alicyclic amines) is 1. The van der Waals surface area contributed by atoms with Crippen LogP contribution < -0.4 is 9.47 Å². The molecule has 40 heavy (non-hydrogen) atoms. The highest BCUT2D eigenvalue weighted by Gasteiger charge is 2.46. The van der Waals surface area contributed by atoms with Gasteiger partial charge in [-0.1, -0.05) is 74.0 Å². The second-order valence-electron chi connectivity index (χ2n) is 9.92. The summed E-state index contributed by atoms with van der Waals surface area (Å²) in [6.07, 6.45) is 0. The van der Waals surface area contributed by atoms with Crippen LogP contribution in [0, 0.1) is 13.8 Å². The van der Waals surface area contributed by atoms with Crippen molar-refractivity contribution in [1.82, 2.24) is 9.80 Å². The molecule has 0 spiro atoms. The zero-order valence-electron chi connectivity index (χ0n) is 23.7. The minimum absolute atomic E-state index is 0.105. The van der Waals surface area contributed by atoms with Gasteiger partial charge in [-0.3, -0.25) is 9.59 Å². The van der Waals surface area contributed by atoms with Crippen molar-refractivity contribution in [2.45, 2.75) is 33.7 Å². The Morgan fingerprint density at radius 1 is 0.875 bits per heavy atom. The van der Waals surface area contributed by atoms with E-state index in [1.54, 1.807) is 17.0 Å². The van der Waals surface area contributed by atoms with Gasteiger partial charge in [0.15, 0.2) is 0 Å². The van der Waals surface area contributed by atoms with Crippen LogP contribution in [0.1, 0.15) is 42.1 Å². The summed E-state index contributed by atoms with van der Waals surface area (Å²) < 4.78 is 11.7. The average Bonchev–Trinajstić information content (AvgIpc) is 3.22. The van der Waals surface area contributed by atoms with Gasteiger partial charge in [-0.05, 0) is 56.3 Å². The molecule has 1 aliphatic rings. The highest BCUT2D eigenvalue weighted by Crippen LogP contribution is 2.39. The third-order valence-corrected chi connectivity index (χ3v) is 7.32. The molecule has 0 aliphatic carbocycles. The van der Waals surface area contributed by atoms with Gasteiger partial charge in [-0.15, -0.1) is 0 Å². The molecule has 4 rings (SSSR count). The summed E-state index contributed by atoms with van der Waals surface area (Å²) in [4.78, 5) is 30.3. The summed E-state index contributed by atoms with van der Waals surface area (Å²) in [5.41, 5.74) is 3.44. The Kier molecular flexibility index (Phi) is 9.61. The number of carbonyl (C=O) groups excluding carboxylic acids is 2. The standard InChI is InChI=1S/C33H38N2O5/c1-5-34(6-2)19-20-35-30(29(32(37)33(35)38)31(36)26-13-11-23(3)12-14-26)25-15-17-27(18-16-25)39-21-22-40-28-10-8-7-9-24(28)4/h7-18,30,36H,5-6,19-22H2,1-4H3. The van der Waals surface area contributed by atoms with Crippen molar-refractivity contribution in [2.24, 2.45) is 0 Å². The van der Waals surface area contributed by atoms with E-state index < -0.39 is 17.7 Å². The maximum absolute atomic E-state index is 13.3. The lowest BCUT2D eigenvalue weighted by Gasteiger charge is -2.28. The van der Waals surface area contributed by atoms with Crippen LogP contribution in [-0.4, -0.2) is 66.0 Å². The fourth-order valence-corrected chi connectivity index (χ4v) is 4.89. The molecular weight excluding hydrogens is 504 g/mol. The van der Waals surface area contributed by atoms with Crippen LogP contribution in [0.5, 0.6) is 11.5 Å². The van der Waals surface area contributed by atoms with Crippen LogP contribution in [0.4, 0.5) is 0 Å². The maximum atomic E-state index is 13.3. The number of rotatable bonds is 12. The number of aliphatic hydroxyl groups excluding tert-OH is 1. The van der Waals surface area contributed by atoms with Gasteiger partial charge in [0.2, 0.25) is 0 Å². The molecular formula is C33H38N2O5. The number of para-hydroxylation sites is 1. The predicted molar refractivity (Wildman–Crippen MR) is 157 cm³/mol. The van der Waals surface area contributed by atoms with E-state index in [2.05, 4.69) is 18.7 Å². The van der Waals surface area contributed by atoms with Gasteiger partial charge in [0.25, 0.3) is 11.7 Å². The molecule has 1 atom stereocenters. The molecule has 0 bridgehead atoms. The third kappa shape index (κ3) is 6.54. The Bertz CT molecular complexity index is 1340. The van der Waals surface area contributed by atoms with Gasteiger partial charge in [0, 0.05) is 18.7 Å². The van der Waals surface area contributed by atoms with Crippen LogP contribution in [0.2, 0.25) is 0 Å². The SMILES string of the molecule is CCN(CC)CCN1C(=O)C(=O)C(=C(O)c2ccc(C)cc2)C1c1ccc(OCCOc2ccccc2C)cc1. The van der Waals surface area contributed by atoms with E-state index in [4.69, 9.17) is 9.47 Å². The zero-order chi connectivity index (χ0) is 28.6. The molecule has 1 amide bonds. The number of Topliss-reactive ketones (excluding diaryl/α,β-unsaturated/α-hetero) is 1. The number of hydrogen-bond donors (Lipinski definition) is 1. The molecule has 1 saturated heterocycles. The van der Waals surface area contributed by atoms with Gasteiger partial charge in [0.05, 0.1) is 11.6 Å². The molecule has 7 nitrogen and oxygen atoms in total. The number of amides is 1. The summed E-state index contributed by atoms with van der Waals surface area (Å²) in [6.45, 7) is 11.5. The van der Waals surface area contributed by atoms with E-state index >= 15 is 0 Å². The Morgan fingerprint density at radius 3 is 2.17 bits per heavy atom. The first-order valence-corrected chi connectivity index (χ1v) is 13.8. The number of hydrogen-bond acceptors (Lipinski definition) is 6. The predicted octanol–water partition coefficient (Wildman–Crippen LogP) is 5.52. The number of likely N-dealkylation sites (N-methyl/N-ethyl adjacent to an activating group) is 1. The number of aryl methyl sites for hydroxylation is 2. The van der Waals surface area contributed by atoms with Crippen LogP contribution in [0.15, 0.2) is 78.4 Å². The summed E-state index contributed by atoms with van der Waals surface area (Å²) in [6, 6.07) is 21.7. The molecule has 1 aliphatic heterocycles. The zero-order valence-corrected chi connectivity index (χ0v) is 23.7. The lowest BCUT2D eigenvalue weighted by molar-refractivity contribution is -0.140. The number of aliphatic hydroxyl groups is 1.